The van der Waals surface area contributed by atoms with Crippen LogP contribution in [0.15, 0.2) is 12.5 Å². The predicted molar refractivity (Wildman–Crippen MR) is 54.1 cm³/mol. The molecule has 0 saturated carbocycles. The lowest BCUT2D eigenvalue weighted by atomic mass is 9.98. The Morgan fingerprint density at radius 1 is 1.46 bits per heavy atom. The van der Waals surface area contributed by atoms with Crippen LogP contribution in [0.4, 0.5) is 0 Å². The normalized spacial score (nSPS) is 13.6. The average molecular weight is 181 g/mol. The molecule has 0 amide bonds. The van der Waals surface area contributed by atoms with Crippen molar-refractivity contribution >= 4 is 0 Å². The second-order valence-corrected chi connectivity index (χ2v) is 3.96. The third-order valence-electron chi connectivity index (χ3n) is 2.63. The van der Waals surface area contributed by atoms with E-state index in [1.165, 1.54) is 0 Å². The second-order valence-electron chi connectivity index (χ2n) is 3.96. The lowest BCUT2D eigenvalue weighted by Crippen LogP contribution is -2.15. The molecule has 1 aromatic heterocycles. The molecule has 0 aromatic carbocycles. The number of hydrogen-bond donors (Lipinski definition) is 1. The maximum atomic E-state index is 5.59. The maximum absolute atomic E-state index is 5.59. The molecule has 13 heavy (non-hydrogen) atoms. The average Bonchev–Trinajstić information content (AvgIpc) is 2.51. The minimum atomic E-state index is 0.574. The molecule has 1 heterocycles. The summed E-state index contributed by atoms with van der Waals surface area (Å²) in [7, 11) is 0. The highest BCUT2D eigenvalue weighted by atomic mass is 15.1. The molecule has 1 rings (SSSR count). The summed E-state index contributed by atoms with van der Waals surface area (Å²) in [5, 5.41) is 0. The number of aromatic nitrogens is 2. The van der Waals surface area contributed by atoms with E-state index in [-0.39, 0.29) is 0 Å². The molecule has 0 aliphatic heterocycles. The molecule has 1 unspecified atom stereocenters. The lowest BCUT2D eigenvalue weighted by Gasteiger charge is -2.17. The Kier molecular flexibility index (Phi) is 3.48. The second kappa shape index (κ2) is 4.42. The Morgan fingerprint density at radius 3 is 2.69 bits per heavy atom. The molecule has 74 valence electrons. The van der Waals surface area contributed by atoms with Gasteiger partial charge in [-0.25, -0.2) is 4.98 Å². The van der Waals surface area contributed by atoms with Crippen LogP contribution >= 0.6 is 0 Å². The fourth-order valence-corrected chi connectivity index (χ4v) is 1.20. The quantitative estimate of drug-likeness (QED) is 0.767. The van der Waals surface area contributed by atoms with Crippen molar-refractivity contribution in [2.24, 2.45) is 17.6 Å². The van der Waals surface area contributed by atoms with Crippen molar-refractivity contribution in [1.82, 2.24) is 9.55 Å². The summed E-state index contributed by atoms with van der Waals surface area (Å²) in [5.41, 5.74) is 6.70. The molecule has 3 nitrogen and oxygen atoms in total. The summed E-state index contributed by atoms with van der Waals surface area (Å²) < 4.78 is 2.14. The molecule has 0 aliphatic rings. The molecule has 0 aliphatic carbocycles. The molecule has 0 radical (unpaired) electrons. The smallest absolute Gasteiger partial charge is 0.0948 e. The van der Waals surface area contributed by atoms with Gasteiger partial charge >= 0.3 is 0 Å². The van der Waals surface area contributed by atoms with Gasteiger partial charge in [-0.15, -0.1) is 0 Å². The van der Waals surface area contributed by atoms with Crippen LogP contribution in [0.3, 0.4) is 0 Å². The van der Waals surface area contributed by atoms with Gasteiger partial charge in [0.05, 0.1) is 12.0 Å². The van der Waals surface area contributed by atoms with Crippen molar-refractivity contribution in [2.75, 3.05) is 0 Å². The third kappa shape index (κ3) is 2.56. The number of nitrogens with zero attached hydrogens (tertiary/aromatic N) is 2. The van der Waals surface area contributed by atoms with E-state index in [0.717, 1.165) is 12.2 Å². The SMILES string of the molecule is CC(C)C(C)Cn1cncc1CN. The van der Waals surface area contributed by atoms with Gasteiger partial charge in [-0.05, 0) is 11.8 Å². The van der Waals surface area contributed by atoms with Gasteiger partial charge in [-0.2, -0.15) is 0 Å². The number of hydrogen-bond acceptors (Lipinski definition) is 2. The van der Waals surface area contributed by atoms with E-state index in [0.29, 0.717) is 18.4 Å². The van der Waals surface area contributed by atoms with E-state index in [1.807, 2.05) is 12.5 Å². The predicted octanol–water partition coefficient (Wildman–Crippen LogP) is 1.63. The Balaban J connectivity index is 2.62. The van der Waals surface area contributed by atoms with E-state index in [2.05, 4.69) is 30.3 Å². The summed E-state index contributed by atoms with van der Waals surface area (Å²) in [4.78, 5) is 4.09. The van der Waals surface area contributed by atoms with Crippen molar-refractivity contribution in [3.63, 3.8) is 0 Å². The zero-order valence-corrected chi connectivity index (χ0v) is 8.70. The van der Waals surface area contributed by atoms with Crippen LogP contribution in [-0.2, 0) is 13.1 Å². The van der Waals surface area contributed by atoms with Crippen molar-refractivity contribution in [2.45, 2.75) is 33.9 Å². The fraction of sp³-hybridized carbons (Fsp3) is 0.700. The first-order valence-corrected chi connectivity index (χ1v) is 4.84. The standard InChI is InChI=1S/C10H19N3/c1-8(2)9(3)6-13-7-12-5-10(13)4-11/h5,7-9H,4,6,11H2,1-3H3. The van der Waals surface area contributed by atoms with Crippen LogP contribution in [0.25, 0.3) is 0 Å². The first kappa shape index (κ1) is 10.3. The van der Waals surface area contributed by atoms with Crippen molar-refractivity contribution < 1.29 is 0 Å². The van der Waals surface area contributed by atoms with E-state index >= 15 is 0 Å². The van der Waals surface area contributed by atoms with Crippen LogP contribution in [0.2, 0.25) is 0 Å². The molecule has 3 heteroatoms. The minimum absolute atomic E-state index is 0.574. The van der Waals surface area contributed by atoms with Crippen LogP contribution in [-0.4, -0.2) is 9.55 Å². The Labute approximate surface area is 80.0 Å². The highest BCUT2D eigenvalue weighted by Gasteiger charge is 2.09. The van der Waals surface area contributed by atoms with Gasteiger partial charge in [0.2, 0.25) is 0 Å². The largest absolute Gasteiger partial charge is 0.333 e. The minimum Gasteiger partial charge on any atom is -0.333 e. The van der Waals surface area contributed by atoms with Crippen LogP contribution < -0.4 is 5.73 Å². The van der Waals surface area contributed by atoms with Gasteiger partial charge in [0, 0.05) is 19.3 Å². The molecular formula is C10H19N3. The first-order chi connectivity index (χ1) is 6.15. The van der Waals surface area contributed by atoms with Gasteiger partial charge in [0.25, 0.3) is 0 Å². The van der Waals surface area contributed by atoms with Crippen molar-refractivity contribution in [1.29, 1.82) is 0 Å². The number of rotatable bonds is 4. The molecule has 0 bridgehead atoms. The molecule has 1 atom stereocenters. The van der Waals surface area contributed by atoms with Crippen LogP contribution in [0.1, 0.15) is 26.5 Å². The van der Waals surface area contributed by atoms with Crippen LogP contribution in [0, 0.1) is 11.8 Å². The fourth-order valence-electron chi connectivity index (χ4n) is 1.20. The zero-order valence-electron chi connectivity index (χ0n) is 8.70. The third-order valence-corrected chi connectivity index (χ3v) is 2.63. The maximum Gasteiger partial charge on any atom is 0.0948 e. The lowest BCUT2D eigenvalue weighted by molar-refractivity contribution is 0.360. The zero-order chi connectivity index (χ0) is 9.84. The van der Waals surface area contributed by atoms with Crippen molar-refractivity contribution in [3.8, 4) is 0 Å². The van der Waals surface area contributed by atoms with Crippen LogP contribution in [0.5, 0.6) is 0 Å². The molecule has 0 fully saturated rings. The molecule has 2 N–H and O–H groups in total. The van der Waals surface area contributed by atoms with E-state index in [4.69, 9.17) is 5.73 Å². The van der Waals surface area contributed by atoms with Gasteiger partial charge in [0.15, 0.2) is 0 Å². The molecular weight excluding hydrogens is 162 g/mol. The topological polar surface area (TPSA) is 43.8 Å². The Hall–Kier alpha value is -0.830. The summed E-state index contributed by atoms with van der Waals surface area (Å²) in [6, 6.07) is 0. The van der Waals surface area contributed by atoms with Gasteiger partial charge in [-0.3, -0.25) is 0 Å². The highest BCUT2D eigenvalue weighted by molar-refractivity contribution is 4.97. The molecule has 1 aromatic rings. The summed E-state index contributed by atoms with van der Waals surface area (Å²) in [6.45, 7) is 8.33. The number of imidazole rings is 1. The van der Waals surface area contributed by atoms with Gasteiger partial charge in [-0.1, -0.05) is 20.8 Å². The summed E-state index contributed by atoms with van der Waals surface area (Å²) in [6.07, 6.45) is 3.70. The van der Waals surface area contributed by atoms with E-state index < -0.39 is 0 Å². The van der Waals surface area contributed by atoms with Gasteiger partial charge in [0.1, 0.15) is 0 Å². The van der Waals surface area contributed by atoms with E-state index in [9.17, 15) is 0 Å². The van der Waals surface area contributed by atoms with Gasteiger partial charge < -0.3 is 10.3 Å². The summed E-state index contributed by atoms with van der Waals surface area (Å²) in [5.74, 6) is 1.37. The number of nitrogens with two attached hydrogens (primary N) is 1. The van der Waals surface area contributed by atoms with Crippen molar-refractivity contribution in [3.05, 3.63) is 18.2 Å². The Morgan fingerprint density at radius 2 is 2.15 bits per heavy atom. The molecule has 0 spiro atoms. The highest BCUT2D eigenvalue weighted by Crippen LogP contribution is 2.13. The molecule has 0 saturated heterocycles. The van der Waals surface area contributed by atoms with E-state index in [1.54, 1.807) is 0 Å². The summed E-state index contributed by atoms with van der Waals surface area (Å²) >= 11 is 0. The Bertz CT molecular complexity index is 252. The first-order valence-electron chi connectivity index (χ1n) is 4.84. The monoisotopic (exact) mass is 181 g/mol.